The smallest absolute Gasteiger partial charge is 0.374 e. The third-order valence-electron chi connectivity index (χ3n) is 3.89. The van der Waals surface area contributed by atoms with Crippen molar-refractivity contribution in [3.63, 3.8) is 0 Å². The number of carbonyl (C=O) groups is 3. The molecule has 0 spiro atoms. The van der Waals surface area contributed by atoms with Crippen molar-refractivity contribution in [3.05, 3.63) is 72.0 Å². The molecule has 0 aliphatic carbocycles. The van der Waals surface area contributed by atoms with Crippen LogP contribution in [0.5, 0.6) is 0 Å². The highest BCUT2D eigenvalue weighted by Gasteiger charge is 2.21. The Morgan fingerprint density at radius 1 is 0.757 bits per heavy atom. The van der Waals surface area contributed by atoms with Crippen LogP contribution in [-0.2, 0) is 47.2 Å². The minimum Gasteiger partial charge on any atom is -0.460 e. The molecule has 0 fully saturated rings. The van der Waals surface area contributed by atoms with Crippen molar-refractivity contribution in [2.24, 2.45) is 0 Å². The second-order valence-corrected chi connectivity index (χ2v) is 11.1. The second-order valence-electron chi connectivity index (χ2n) is 7.02. The molecule has 2 rings (SSSR count). The quantitative estimate of drug-likeness (QED) is 0.113. The number of halogens is 1. The predicted octanol–water partition coefficient (Wildman–Crippen LogP) is 3.84. The molecular formula is C24H29ClO10S2. The largest absolute Gasteiger partial charge is 0.460 e. The van der Waals surface area contributed by atoms with E-state index in [9.17, 15) is 31.2 Å². The average Bonchev–Trinajstić information content (AvgIpc) is 2.80. The van der Waals surface area contributed by atoms with Gasteiger partial charge in [0, 0.05) is 17.6 Å². The average molecular weight is 577 g/mol. The zero-order chi connectivity index (χ0) is 28.8. The summed E-state index contributed by atoms with van der Waals surface area (Å²) in [5.74, 6) is -2.76. The highest BCUT2D eigenvalue weighted by atomic mass is 35.7. The highest BCUT2D eigenvalue weighted by Crippen LogP contribution is 2.16. The lowest BCUT2D eigenvalue weighted by molar-refractivity contribution is -0.152. The van der Waals surface area contributed by atoms with E-state index in [1.165, 1.54) is 31.2 Å². The van der Waals surface area contributed by atoms with Gasteiger partial charge in [-0.1, -0.05) is 35.4 Å². The molecule has 2 aromatic carbocycles. The molecule has 0 aliphatic rings. The molecule has 0 aromatic heterocycles. The topological polar surface area (TPSA) is 147 Å². The molecule has 0 heterocycles. The van der Waals surface area contributed by atoms with Crippen molar-refractivity contribution >= 4 is 47.6 Å². The minimum atomic E-state index is -4.04. The Balaban J connectivity index is 0.000000580. The van der Waals surface area contributed by atoms with Crippen molar-refractivity contribution in [1.29, 1.82) is 0 Å². The Bertz CT molecular complexity index is 1280. The van der Waals surface area contributed by atoms with Crippen LogP contribution in [-0.4, -0.2) is 47.8 Å². The molecule has 0 radical (unpaired) electrons. The molecule has 2 aromatic rings. The van der Waals surface area contributed by atoms with E-state index in [1.54, 1.807) is 38.1 Å². The molecule has 37 heavy (non-hydrogen) atoms. The van der Waals surface area contributed by atoms with Gasteiger partial charge in [0.2, 0.25) is 11.5 Å². The molecule has 13 heteroatoms. The van der Waals surface area contributed by atoms with E-state index in [4.69, 9.17) is 10.7 Å². The zero-order valence-corrected chi connectivity index (χ0v) is 23.4. The first-order valence-electron chi connectivity index (χ1n) is 10.6. The Labute approximate surface area is 221 Å². The normalized spacial score (nSPS) is 10.4. The van der Waals surface area contributed by atoms with Gasteiger partial charge in [0.1, 0.15) is 4.90 Å². The Hall–Kier alpha value is -3.22. The third-order valence-corrected chi connectivity index (χ3v) is 6.53. The molecule has 0 aliphatic heterocycles. The fourth-order valence-corrected chi connectivity index (χ4v) is 3.73. The number of benzene rings is 2. The highest BCUT2D eigenvalue weighted by molar-refractivity contribution is 8.13. The van der Waals surface area contributed by atoms with Gasteiger partial charge in [-0.05, 0) is 58.5 Å². The van der Waals surface area contributed by atoms with Crippen LogP contribution < -0.4 is 0 Å². The fourth-order valence-electron chi connectivity index (χ4n) is 2.06. The molecule has 0 bridgehead atoms. The number of rotatable bonds is 8. The molecular weight excluding hydrogens is 548 g/mol. The van der Waals surface area contributed by atoms with E-state index in [0.29, 0.717) is 0 Å². The lowest BCUT2D eigenvalue weighted by Crippen LogP contribution is -2.14. The summed E-state index contributed by atoms with van der Waals surface area (Å²) in [7, 11) is -2.50. The maximum Gasteiger partial charge on any atom is 0.374 e. The van der Waals surface area contributed by atoms with E-state index >= 15 is 0 Å². The van der Waals surface area contributed by atoms with Crippen LogP contribution in [0.15, 0.2) is 70.7 Å². The second kappa shape index (κ2) is 15.8. The van der Waals surface area contributed by atoms with Gasteiger partial charge < -0.3 is 13.7 Å². The van der Waals surface area contributed by atoms with Crippen LogP contribution in [0.3, 0.4) is 0 Å². The first kappa shape index (κ1) is 33.8. The number of Topliss-reactive ketones (excluding diaryl/α,β-unsaturated/α-hetero) is 1. The van der Waals surface area contributed by atoms with E-state index in [2.05, 4.69) is 20.2 Å². The summed E-state index contributed by atoms with van der Waals surface area (Å²) < 4.78 is 58.4. The number of esters is 2. The van der Waals surface area contributed by atoms with Crippen molar-refractivity contribution in [1.82, 2.24) is 0 Å². The molecule has 0 N–H and O–H groups in total. The maximum atomic E-state index is 11.8. The third kappa shape index (κ3) is 13.6. The van der Waals surface area contributed by atoms with E-state index < -0.39 is 42.6 Å². The van der Waals surface area contributed by atoms with Crippen molar-refractivity contribution < 1.29 is 44.9 Å². The number of carbonyl (C=O) groups excluding carboxylic acids is 3. The van der Waals surface area contributed by atoms with Crippen LogP contribution in [0.2, 0.25) is 0 Å². The molecule has 0 amide bonds. The van der Waals surface area contributed by atoms with Gasteiger partial charge >= 0.3 is 22.1 Å². The number of hydrogen-bond acceptors (Lipinski definition) is 10. The maximum absolute atomic E-state index is 11.8. The standard InChI is InChI=1S/C12H14O5S.C7H7ClO2S.C5H8O3/c1-4-16-12(13)10(3)17-18(14,15)11-7-5-9(2)6-8-11;1-6-2-4-7(5-3-6)11(8,9)10;1-3-8-5(7)4(2)6/h5-8H,3-4H2,1-2H3;2-5H,1H3;3H2,1-2H3. The Kier molecular flexibility index (Phi) is 14.4. The van der Waals surface area contributed by atoms with Crippen molar-refractivity contribution in [2.75, 3.05) is 13.2 Å². The Morgan fingerprint density at radius 3 is 1.46 bits per heavy atom. The fraction of sp³-hybridized carbons (Fsp3) is 0.292. The number of ether oxygens (including phenoxy) is 2. The van der Waals surface area contributed by atoms with Gasteiger partial charge in [-0.25, -0.2) is 18.0 Å². The molecule has 0 unspecified atom stereocenters. The molecule has 0 saturated heterocycles. The van der Waals surface area contributed by atoms with Gasteiger partial charge in [-0.3, -0.25) is 4.79 Å². The van der Waals surface area contributed by atoms with E-state index in [1.807, 2.05) is 13.8 Å². The first-order chi connectivity index (χ1) is 17.0. The van der Waals surface area contributed by atoms with Gasteiger partial charge in [0.25, 0.3) is 9.05 Å². The van der Waals surface area contributed by atoms with Gasteiger partial charge in [0.05, 0.1) is 18.1 Å². The molecule has 0 atom stereocenters. The summed E-state index contributed by atoms with van der Waals surface area (Å²) in [6, 6.07) is 12.4. The Morgan fingerprint density at radius 2 is 1.14 bits per heavy atom. The van der Waals surface area contributed by atoms with E-state index in [-0.39, 0.29) is 23.0 Å². The van der Waals surface area contributed by atoms with Crippen LogP contribution in [0.1, 0.15) is 31.9 Å². The van der Waals surface area contributed by atoms with Gasteiger partial charge in [0.15, 0.2) is 0 Å². The van der Waals surface area contributed by atoms with Crippen LogP contribution in [0.4, 0.5) is 0 Å². The van der Waals surface area contributed by atoms with Crippen LogP contribution >= 0.6 is 10.7 Å². The van der Waals surface area contributed by atoms with Crippen molar-refractivity contribution in [2.45, 2.75) is 44.4 Å². The summed E-state index contributed by atoms with van der Waals surface area (Å²) in [5, 5.41) is 0. The molecule has 10 nitrogen and oxygen atoms in total. The number of ketones is 1. The first-order valence-corrected chi connectivity index (χ1v) is 14.3. The molecule has 0 saturated carbocycles. The monoisotopic (exact) mass is 576 g/mol. The number of aryl methyl sites for hydroxylation is 2. The summed E-state index contributed by atoms with van der Waals surface area (Å²) in [5.41, 5.74) is 1.92. The number of hydrogen-bond donors (Lipinski definition) is 0. The summed E-state index contributed by atoms with van der Waals surface area (Å²) in [6.45, 7) is 11.7. The lowest BCUT2D eigenvalue weighted by atomic mass is 10.2. The van der Waals surface area contributed by atoms with Gasteiger partial charge in [-0.2, -0.15) is 8.42 Å². The molecule has 204 valence electrons. The SMILES string of the molecule is C=C(OS(=O)(=O)c1ccc(C)cc1)C(=O)OCC.CCOC(=O)C(C)=O.Cc1ccc(S(=O)(=O)Cl)cc1. The predicted molar refractivity (Wildman–Crippen MR) is 137 cm³/mol. The summed E-state index contributed by atoms with van der Waals surface area (Å²) in [4.78, 5) is 31.5. The minimum absolute atomic E-state index is 0.0430. The lowest BCUT2D eigenvalue weighted by Gasteiger charge is -2.08. The van der Waals surface area contributed by atoms with Crippen LogP contribution in [0, 0.1) is 13.8 Å². The zero-order valence-electron chi connectivity index (χ0n) is 21.0. The van der Waals surface area contributed by atoms with E-state index in [0.717, 1.165) is 11.1 Å². The van der Waals surface area contributed by atoms with Crippen LogP contribution in [0.25, 0.3) is 0 Å². The van der Waals surface area contributed by atoms with Crippen molar-refractivity contribution in [3.8, 4) is 0 Å². The summed E-state index contributed by atoms with van der Waals surface area (Å²) in [6.07, 6.45) is 0. The van der Waals surface area contributed by atoms with Gasteiger partial charge in [-0.15, -0.1) is 0 Å². The summed E-state index contributed by atoms with van der Waals surface area (Å²) >= 11 is 0.